The van der Waals surface area contributed by atoms with Crippen LogP contribution in [0, 0.1) is 19.8 Å². The summed E-state index contributed by atoms with van der Waals surface area (Å²) >= 11 is 10.1. The molecule has 2 rings (SSSR count). The van der Waals surface area contributed by atoms with E-state index in [4.69, 9.17) is 16.3 Å². The van der Waals surface area contributed by atoms with E-state index in [9.17, 15) is 0 Å². The third kappa shape index (κ3) is 2.10. The van der Waals surface area contributed by atoms with Crippen LogP contribution in [0.25, 0.3) is 0 Å². The standard InChI is InChI=1S/C13H16BrClO/c1-7-6-10(14)8(2)11(13(7)16-3)12(15)9-4-5-9/h6,9,12H,4-5H2,1-3H3. The number of rotatable bonds is 3. The van der Waals surface area contributed by atoms with Crippen LogP contribution >= 0.6 is 27.5 Å². The lowest BCUT2D eigenvalue weighted by Crippen LogP contribution is -2.03. The summed E-state index contributed by atoms with van der Waals surface area (Å²) in [6.45, 7) is 4.15. The Morgan fingerprint density at radius 1 is 1.44 bits per heavy atom. The maximum Gasteiger partial charge on any atom is 0.126 e. The SMILES string of the molecule is COc1c(C)cc(Br)c(C)c1C(Cl)C1CC1. The van der Waals surface area contributed by atoms with E-state index in [1.807, 2.05) is 0 Å². The van der Waals surface area contributed by atoms with Gasteiger partial charge in [0.05, 0.1) is 12.5 Å². The maximum absolute atomic E-state index is 6.54. The zero-order valence-electron chi connectivity index (χ0n) is 9.81. The van der Waals surface area contributed by atoms with Crippen molar-refractivity contribution in [1.82, 2.24) is 0 Å². The predicted molar refractivity (Wildman–Crippen MR) is 71.5 cm³/mol. The van der Waals surface area contributed by atoms with Crippen LogP contribution in [-0.2, 0) is 0 Å². The molecule has 0 aromatic heterocycles. The monoisotopic (exact) mass is 302 g/mol. The lowest BCUT2D eigenvalue weighted by molar-refractivity contribution is 0.404. The molecule has 0 radical (unpaired) electrons. The van der Waals surface area contributed by atoms with E-state index in [1.54, 1.807) is 7.11 Å². The molecule has 3 heteroatoms. The molecule has 1 aliphatic rings. The Bertz CT molecular complexity index is 413. The molecular formula is C13H16BrClO. The van der Waals surface area contributed by atoms with E-state index in [0.717, 1.165) is 15.8 Å². The average Bonchev–Trinajstić information content (AvgIpc) is 3.05. The summed E-state index contributed by atoms with van der Waals surface area (Å²) in [6.07, 6.45) is 2.48. The highest BCUT2D eigenvalue weighted by Crippen LogP contribution is 2.50. The van der Waals surface area contributed by atoms with Gasteiger partial charge in [-0.2, -0.15) is 0 Å². The first-order valence-electron chi connectivity index (χ1n) is 5.54. The summed E-state index contributed by atoms with van der Waals surface area (Å²) in [7, 11) is 1.72. The molecule has 0 N–H and O–H groups in total. The first kappa shape index (κ1) is 12.3. The average molecular weight is 304 g/mol. The summed E-state index contributed by atoms with van der Waals surface area (Å²) in [5.41, 5.74) is 3.51. The second-order valence-corrected chi connectivity index (χ2v) is 5.81. The molecule has 1 nitrogen and oxygen atoms in total. The van der Waals surface area contributed by atoms with Gasteiger partial charge in [0.2, 0.25) is 0 Å². The molecule has 1 aromatic rings. The van der Waals surface area contributed by atoms with Gasteiger partial charge in [-0.3, -0.25) is 0 Å². The van der Waals surface area contributed by atoms with Crippen molar-refractivity contribution in [1.29, 1.82) is 0 Å². The van der Waals surface area contributed by atoms with E-state index >= 15 is 0 Å². The zero-order chi connectivity index (χ0) is 11.9. The molecule has 1 unspecified atom stereocenters. The normalized spacial score (nSPS) is 17.3. The fourth-order valence-corrected chi connectivity index (χ4v) is 3.17. The maximum atomic E-state index is 6.54. The van der Waals surface area contributed by atoms with E-state index in [1.165, 1.54) is 24.0 Å². The van der Waals surface area contributed by atoms with Crippen molar-refractivity contribution in [2.45, 2.75) is 32.1 Å². The Morgan fingerprint density at radius 3 is 2.56 bits per heavy atom. The minimum Gasteiger partial charge on any atom is -0.496 e. The molecule has 1 atom stereocenters. The first-order valence-corrected chi connectivity index (χ1v) is 6.76. The lowest BCUT2D eigenvalue weighted by Gasteiger charge is -2.19. The van der Waals surface area contributed by atoms with Crippen LogP contribution in [0.5, 0.6) is 5.75 Å². The zero-order valence-corrected chi connectivity index (χ0v) is 12.2. The Morgan fingerprint density at radius 2 is 2.06 bits per heavy atom. The number of ether oxygens (including phenoxy) is 1. The van der Waals surface area contributed by atoms with Crippen molar-refractivity contribution in [2.24, 2.45) is 5.92 Å². The minimum atomic E-state index is 0.0890. The largest absolute Gasteiger partial charge is 0.496 e. The van der Waals surface area contributed by atoms with Crippen LogP contribution in [0.15, 0.2) is 10.5 Å². The van der Waals surface area contributed by atoms with Crippen molar-refractivity contribution in [2.75, 3.05) is 7.11 Å². The Balaban J connectivity index is 2.54. The molecule has 1 aliphatic carbocycles. The van der Waals surface area contributed by atoms with Gasteiger partial charge >= 0.3 is 0 Å². The van der Waals surface area contributed by atoms with Gasteiger partial charge in [-0.1, -0.05) is 15.9 Å². The second kappa shape index (κ2) is 4.58. The van der Waals surface area contributed by atoms with Crippen molar-refractivity contribution in [3.8, 4) is 5.75 Å². The van der Waals surface area contributed by atoms with Crippen molar-refractivity contribution >= 4 is 27.5 Å². The number of hydrogen-bond acceptors (Lipinski definition) is 1. The fraction of sp³-hybridized carbons (Fsp3) is 0.538. The highest BCUT2D eigenvalue weighted by molar-refractivity contribution is 9.10. The lowest BCUT2D eigenvalue weighted by atomic mass is 9.98. The van der Waals surface area contributed by atoms with Crippen LogP contribution in [0.2, 0.25) is 0 Å². The number of methoxy groups -OCH3 is 1. The topological polar surface area (TPSA) is 9.23 Å². The van der Waals surface area contributed by atoms with Crippen molar-refractivity contribution in [3.05, 3.63) is 27.2 Å². The molecule has 0 aliphatic heterocycles. The summed E-state index contributed by atoms with van der Waals surface area (Å²) in [5, 5.41) is 0.0890. The molecule has 1 saturated carbocycles. The molecule has 1 aromatic carbocycles. The van der Waals surface area contributed by atoms with Gasteiger partial charge < -0.3 is 4.74 Å². The summed E-state index contributed by atoms with van der Waals surface area (Å²) in [5.74, 6) is 1.58. The van der Waals surface area contributed by atoms with Crippen molar-refractivity contribution in [3.63, 3.8) is 0 Å². The van der Waals surface area contributed by atoms with Gasteiger partial charge in [0.25, 0.3) is 0 Å². The van der Waals surface area contributed by atoms with E-state index in [0.29, 0.717) is 5.92 Å². The Hall–Kier alpha value is -0.210. The van der Waals surface area contributed by atoms with Crippen LogP contribution in [0.1, 0.15) is 34.9 Å². The van der Waals surface area contributed by atoms with Gasteiger partial charge in [0.1, 0.15) is 5.75 Å². The Kier molecular flexibility index (Phi) is 3.50. The van der Waals surface area contributed by atoms with Gasteiger partial charge in [0, 0.05) is 10.0 Å². The third-order valence-electron chi connectivity index (χ3n) is 3.22. The smallest absolute Gasteiger partial charge is 0.126 e. The van der Waals surface area contributed by atoms with E-state index in [-0.39, 0.29) is 5.38 Å². The first-order chi connectivity index (χ1) is 7.56. The van der Waals surface area contributed by atoms with Crippen LogP contribution in [0.3, 0.4) is 0 Å². The minimum absolute atomic E-state index is 0.0890. The van der Waals surface area contributed by atoms with Gasteiger partial charge in [-0.05, 0) is 49.8 Å². The molecule has 16 heavy (non-hydrogen) atoms. The second-order valence-electron chi connectivity index (χ2n) is 4.49. The van der Waals surface area contributed by atoms with Crippen LogP contribution in [0.4, 0.5) is 0 Å². The fourth-order valence-electron chi connectivity index (χ4n) is 2.10. The summed E-state index contributed by atoms with van der Waals surface area (Å²) in [6, 6.07) is 2.09. The molecule has 0 amide bonds. The molecule has 1 fully saturated rings. The summed E-state index contributed by atoms with van der Waals surface area (Å²) < 4.78 is 6.62. The third-order valence-corrected chi connectivity index (χ3v) is 4.62. The highest BCUT2D eigenvalue weighted by Gasteiger charge is 2.34. The molecule has 0 heterocycles. The number of halogens is 2. The highest BCUT2D eigenvalue weighted by atomic mass is 79.9. The number of aryl methyl sites for hydroxylation is 1. The molecule has 0 saturated heterocycles. The van der Waals surface area contributed by atoms with E-state index < -0.39 is 0 Å². The quantitative estimate of drug-likeness (QED) is 0.731. The molecule has 88 valence electrons. The number of hydrogen-bond donors (Lipinski definition) is 0. The van der Waals surface area contributed by atoms with E-state index in [2.05, 4.69) is 35.8 Å². The van der Waals surface area contributed by atoms with Gasteiger partial charge in [-0.15, -0.1) is 11.6 Å². The van der Waals surface area contributed by atoms with Gasteiger partial charge in [0.15, 0.2) is 0 Å². The van der Waals surface area contributed by atoms with Gasteiger partial charge in [-0.25, -0.2) is 0 Å². The summed E-state index contributed by atoms with van der Waals surface area (Å²) in [4.78, 5) is 0. The molecule has 0 spiro atoms. The number of benzene rings is 1. The predicted octanol–water partition coefficient (Wildman–Crippen LogP) is 4.76. The molecule has 0 bridgehead atoms. The number of alkyl halides is 1. The van der Waals surface area contributed by atoms with Crippen LogP contribution < -0.4 is 4.74 Å². The van der Waals surface area contributed by atoms with Crippen LogP contribution in [-0.4, -0.2) is 7.11 Å². The Labute approximate surface area is 110 Å². The van der Waals surface area contributed by atoms with Crippen molar-refractivity contribution < 1.29 is 4.74 Å². The molecular weight excluding hydrogens is 287 g/mol.